The lowest BCUT2D eigenvalue weighted by Gasteiger charge is -2.60. The molecule has 3 atom stereocenters. The van der Waals surface area contributed by atoms with Crippen molar-refractivity contribution >= 4 is 45.2 Å². The third-order valence-electron chi connectivity index (χ3n) is 8.50. The summed E-state index contributed by atoms with van der Waals surface area (Å²) in [6.45, 7) is 4.14. The van der Waals surface area contributed by atoms with Crippen molar-refractivity contribution in [1.82, 2.24) is 9.80 Å². The van der Waals surface area contributed by atoms with Crippen LogP contribution in [-0.2, 0) is 19.7 Å². The Hall–Kier alpha value is -2.16. The standard InChI is InChI=1S/C29H35BrN2O4S/c1-20(33)36-29-11-10-24(31(2)27(35)9-8-26-15-23(30)18-37-26)16-28(29,22-4-3-5-25(34)14-22)12-13-32(19-29)17-21-6-7-21/h3-5,8-9,14-15,18,21,24,34H,6-7,10-13,16-17,19H2,1-2H3/b9-8+/t24-,28-,29-/m0/s1. The molecule has 5 rings (SSSR count). The minimum Gasteiger partial charge on any atom is -0.508 e. The van der Waals surface area contributed by atoms with Gasteiger partial charge in [0, 0.05) is 59.3 Å². The van der Waals surface area contributed by atoms with Gasteiger partial charge in [-0.25, -0.2) is 0 Å². The van der Waals surface area contributed by atoms with Crippen molar-refractivity contribution in [2.24, 2.45) is 5.92 Å². The number of ether oxygens (including phenoxy) is 1. The molecule has 1 N–H and O–H groups in total. The first kappa shape index (κ1) is 26.4. The second kappa shape index (κ2) is 10.5. The first-order valence-corrected chi connectivity index (χ1v) is 14.8. The third kappa shape index (κ3) is 5.52. The quantitative estimate of drug-likeness (QED) is 0.338. The number of rotatable bonds is 7. The van der Waals surface area contributed by atoms with E-state index in [1.54, 1.807) is 23.5 Å². The number of benzene rings is 1. The Morgan fingerprint density at radius 3 is 2.76 bits per heavy atom. The van der Waals surface area contributed by atoms with E-state index in [4.69, 9.17) is 4.74 Å². The predicted octanol–water partition coefficient (Wildman–Crippen LogP) is 5.60. The number of phenols is 1. The molecule has 0 radical (unpaired) electrons. The number of aromatic hydroxyl groups is 1. The number of carbonyl (C=O) groups is 2. The molecule has 1 aromatic heterocycles. The number of thiophene rings is 1. The number of amides is 1. The lowest BCUT2D eigenvalue weighted by atomic mass is 9.55. The SMILES string of the molecule is CC(=O)O[C@]12CC[C@H](N(C)C(=O)/C=C/c3cc(Br)cs3)C[C@]1(c1cccc(O)c1)CCN(CC1CC1)C2. The Morgan fingerprint density at radius 2 is 2.08 bits per heavy atom. The predicted molar refractivity (Wildman–Crippen MR) is 150 cm³/mol. The molecule has 198 valence electrons. The van der Waals surface area contributed by atoms with Crippen LogP contribution in [0.25, 0.3) is 6.08 Å². The van der Waals surface area contributed by atoms with Crippen LogP contribution in [0.2, 0.25) is 0 Å². The Balaban J connectivity index is 1.46. The number of piperidine rings is 1. The Labute approximate surface area is 231 Å². The van der Waals surface area contributed by atoms with Gasteiger partial charge >= 0.3 is 5.97 Å². The summed E-state index contributed by atoms with van der Waals surface area (Å²) in [5.74, 6) is 0.650. The monoisotopic (exact) mass is 586 g/mol. The number of likely N-dealkylation sites (N-methyl/N-ethyl adjacent to an activating group) is 1. The van der Waals surface area contributed by atoms with E-state index in [0.29, 0.717) is 19.4 Å². The van der Waals surface area contributed by atoms with Crippen LogP contribution in [0.4, 0.5) is 0 Å². The van der Waals surface area contributed by atoms with Gasteiger partial charge in [-0.15, -0.1) is 11.3 Å². The van der Waals surface area contributed by atoms with E-state index in [1.165, 1.54) is 19.8 Å². The Bertz CT molecular complexity index is 1190. The summed E-state index contributed by atoms with van der Waals surface area (Å²) in [5.41, 5.74) is -0.194. The average molecular weight is 588 g/mol. The molecule has 2 aromatic rings. The summed E-state index contributed by atoms with van der Waals surface area (Å²) in [6, 6.07) is 9.41. The van der Waals surface area contributed by atoms with Crippen LogP contribution < -0.4 is 0 Å². The third-order valence-corrected chi connectivity index (χ3v) is 10.2. The van der Waals surface area contributed by atoms with Crippen molar-refractivity contribution in [3.8, 4) is 5.75 Å². The zero-order valence-corrected chi connectivity index (χ0v) is 23.9. The summed E-state index contributed by atoms with van der Waals surface area (Å²) >= 11 is 5.05. The molecular formula is C29H35BrN2O4S. The number of hydrogen-bond donors (Lipinski definition) is 1. The summed E-state index contributed by atoms with van der Waals surface area (Å²) in [6.07, 6.45) is 8.99. The first-order valence-electron chi connectivity index (χ1n) is 13.1. The van der Waals surface area contributed by atoms with Gasteiger partial charge < -0.3 is 14.7 Å². The van der Waals surface area contributed by atoms with Crippen LogP contribution in [0.15, 0.2) is 46.3 Å². The molecule has 2 heterocycles. The van der Waals surface area contributed by atoms with E-state index in [0.717, 1.165) is 46.8 Å². The highest BCUT2D eigenvalue weighted by Gasteiger charge is 2.61. The molecular weight excluding hydrogens is 552 g/mol. The zero-order chi connectivity index (χ0) is 26.2. The summed E-state index contributed by atoms with van der Waals surface area (Å²) < 4.78 is 7.33. The highest BCUT2D eigenvalue weighted by molar-refractivity contribution is 9.10. The van der Waals surface area contributed by atoms with Gasteiger partial charge in [-0.05, 0) is 96.8 Å². The van der Waals surface area contributed by atoms with E-state index in [-0.39, 0.29) is 23.7 Å². The highest BCUT2D eigenvalue weighted by atomic mass is 79.9. The number of carbonyl (C=O) groups excluding carboxylic acids is 2. The Kier molecular flexibility index (Phi) is 7.53. The lowest BCUT2D eigenvalue weighted by molar-refractivity contribution is -0.190. The molecule has 8 heteroatoms. The van der Waals surface area contributed by atoms with Crippen molar-refractivity contribution in [1.29, 1.82) is 0 Å². The average Bonchev–Trinajstić information content (AvgIpc) is 3.58. The van der Waals surface area contributed by atoms with Crippen LogP contribution in [0.5, 0.6) is 5.75 Å². The fourth-order valence-corrected chi connectivity index (χ4v) is 7.82. The fourth-order valence-electron chi connectivity index (χ4n) is 6.48. The maximum Gasteiger partial charge on any atom is 0.303 e. The highest BCUT2D eigenvalue weighted by Crippen LogP contribution is 2.55. The molecule has 1 aromatic carbocycles. The molecule has 3 aliphatic rings. The summed E-state index contributed by atoms with van der Waals surface area (Å²) in [4.78, 5) is 31.1. The van der Waals surface area contributed by atoms with E-state index in [2.05, 4.69) is 20.8 Å². The van der Waals surface area contributed by atoms with Crippen LogP contribution in [0.3, 0.4) is 0 Å². The van der Waals surface area contributed by atoms with Gasteiger partial charge in [0.15, 0.2) is 0 Å². The molecule has 1 amide bonds. The fraction of sp³-hybridized carbons (Fsp3) is 0.517. The molecule has 1 saturated heterocycles. The number of likely N-dealkylation sites (tertiary alicyclic amines) is 1. The van der Waals surface area contributed by atoms with E-state index >= 15 is 0 Å². The molecule has 0 spiro atoms. The van der Waals surface area contributed by atoms with Crippen molar-refractivity contribution in [3.05, 3.63) is 56.7 Å². The van der Waals surface area contributed by atoms with E-state index in [1.807, 2.05) is 47.7 Å². The number of nitrogens with zero attached hydrogens (tertiary/aromatic N) is 2. The van der Waals surface area contributed by atoms with Crippen molar-refractivity contribution < 1.29 is 19.4 Å². The second-order valence-electron chi connectivity index (χ2n) is 11.0. The number of phenolic OH excluding ortho intramolecular Hbond substituents is 1. The largest absolute Gasteiger partial charge is 0.508 e. The minimum absolute atomic E-state index is 0.00626. The first-order chi connectivity index (χ1) is 17.7. The number of halogens is 1. The van der Waals surface area contributed by atoms with Crippen molar-refractivity contribution in [3.63, 3.8) is 0 Å². The number of esters is 1. The molecule has 1 aliphatic heterocycles. The van der Waals surface area contributed by atoms with Crippen LogP contribution >= 0.6 is 27.3 Å². The van der Waals surface area contributed by atoms with Gasteiger partial charge in [0.05, 0.1) is 0 Å². The molecule has 37 heavy (non-hydrogen) atoms. The second-order valence-corrected chi connectivity index (χ2v) is 12.9. The van der Waals surface area contributed by atoms with Crippen molar-refractivity contribution in [2.75, 3.05) is 26.7 Å². The molecule has 2 saturated carbocycles. The topological polar surface area (TPSA) is 70.1 Å². The van der Waals surface area contributed by atoms with Gasteiger partial charge in [0.2, 0.25) is 5.91 Å². The minimum atomic E-state index is -0.695. The van der Waals surface area contributed by atoms with Gasteiger partial charge in [0.1, 0.15) is 11.4 Å². The lowest BCUT2D eigenvalue weighted by Crippen LogP contribution is -2.68. The van der Waals surface area contributed by atoms with Crippen LogP contribution in [-0.4, -0.2) is 65.1 Å². The van der Waals surface area contributed by atoms with E-state index in [9.17, 15) is 14.7 Å². The normalized spacial score (nSPS) is 28.1. The number of fused-ring (bicyclic) bond motifs is 1. The Morgan fingerprint density at radius 1 is 1.27 bits per heavy atom. The summed E-state index contributed by atoms with van der Waals surface area (Å²) in [7, 11) is 1.87. The van der Waals surface area contributed by atoms with Crippen molar-refractivity contribution in [2.45, 2.75) is 62.5 Å². The molecule has 3 fully saturated rings. The van der Waals surface area contributed by atoms with Gasteiger partial charge in [-0.2, -0.15) is 0 Å². The van der Waals surface area contributed by atoms with E-state index < -0.39 is 11.0 Å². The molecule has 2 aliphatic carbocycles. The maximum atomic E-state index is 13.2. The van der Waals surface area contributed by atoms with Gasteiger partial charge in [0.25, 0.3) is 0 Å². The number of hydrogen-bond acceptors (Lipinski definition) is 6. The summed E-state index contributed by atoms with van der Waals surface area (Å²) in [5, 5.41) is 12.4. The zero-order valence-electron chi connectivity index (χ0n) is 21.5. The smallest absolute Gasteiger partial charge is 0.303 e. The molecule has 6 nitrogen and oxygen atoms in total. The van der Waals surface area contributed by atoms with Crippen LogP contribution in [0.1, 0.15) is 55.9 Å². The van der Waals surface area contributed by atoms with Gasteiger partial charge in [-0.3, -0.25) is 14.5 Å². The molecule has 0 bridgehead atoms. The maximum absolute atomic E-state index is 13.2. The van der Waals surface area contributed by atoms with Gasteiger partial charge in [-0.1, -0.05) is 12.1 Å². The van der Waals surface area contributed by atoms with Crippen LogP contribution in [0, 0.1) is 5.92 Å². The molecule has 0 unspecified atom stereocenters.